The molecule has 4 nitrogen and oxygen atoms in total. The Morgan fingerprint density at radius 1 is 1.52 bits per heavy atom. The van der Waals surface area contributed by atoms with E-state index >= 15 is 0 Å². The minimum absolute atomic E-state index is 0.0483. The van der Waals surface area contributed by atoms with Gasteiger partial charge in [-0.2, -0.15) is 0 Å². The van der Waals surface area contributed by atoms with Crippen molar-refractivity contribution in [2.75, 3.05) is 26.4 Å². The van der Waals surface area contributed by atoms with Crippen molar-refractivity contribution < 1.29 is 14.6 Å². The molecule has 1 fully saturated rings. The van der Waals surface area contributed by atoms with Crippen LogP contribution >= 0.6 is 11.3 Å². The number of nitrogens with one attached hydrogen (secondary N) is 1. The molecule has 0 spiro atoms. The largest absolute Gasteiger partial charge is 0.384 e. The molecule has 0 aliphatic carbocycles. The molecule has 1 aliphatic heterocycles. The highest BCUT2D eigenvalue weighted by molar-refractivity contribution is 7.14. The molecule has 0 atom stereocenters. The zero-order valence-electron chi connectivity index (χ0n) is 12.5. The lowest BCUT2D eigenvalue weighted by molar-refractivity contribution is 0.0239. The first-order chi connectivity index (χ1) is 10.0. The van der Waals surface area contributed by atoms with E-state index in [-0.39, 0.29) is 17.9 Å². The summed E-state index contributed by atoms with van der Waals surface area (Å²) in [7, 11) is 0. The van der Waals surface area contributed by atoms with Crippen molar-refractivity contribution >= 4 is 17.2 Å². The fraction of sp³-hybridized carbons (Fsp3) is 0.562. The topological polar surface area (TPSA) is 58.6 Å². The van der Waals surface area contributed by atoms with Crippen LogP contribution in [0.2, 0.25) is 0 Å². The van der Waals surface area contributed by atoms with Gasteiger partial charge in [0.15, 0.2) is 0 Å². The summed E-state index contributed by atoms with van der Waals surface area (Å²) in [4.78, 5) is 13.8. The number of aliphatic hydroxyl groups excluding tert-OH is 1. The third-order valence-corrected chi connectivity index (χ3v) is 4.95. The number of ether oxygens (including phenoxy) is 1. The number of amides is 1. The monoisotopic (exact) mass is 307 g/mol. The first-order valence-electron chi connectivity index (χ1n) is 7.10. The third kappa shape index (κ3) is 4.31. The number of aliphatic hydroxyl groups is 1. The Kier molecular flexibility index (Phi) is 5.40. The number of carbonyl (C=O) groups is 1. The van der Waals surface area contributed by atoms with Crippen LogP contribution in [0.4, 0.5) is 0 Å². The SMILES string of the molecule is Cc1cc(C(=O)NCC2(C)CCOCC2)sc1C#CCO. The molecule has 114 valence electrons. The van der Waals surface area contributed by atoms with E-state index < -0.39 is 0 Å². The Morgan fingerprint density at radius 3 is 2.90 bits per heavy atom. The number of hydrogen-bond acceptors (Lipinski definition) is 4. The summed E-state index contributed by atoms with van der Waals surface area (Å²) < 4.78 is 5.37. The van der Waals surface area contributed by atoms with Gasteiger partial charge in [0.25, 0.3) is 5.91 Å². The maximum Gasteiger partial charge on any atom is 0.261 e. The predicted octanol–water partition coefficient (Wildman–Crippen LogP) is 1.95. The van der Waals surface area contributed by atoms with Crippen LogP contribution in [0, 0.1) is 24.2 Å². The summed E-state index contributed by atoms with van der Waals surface area (Å²) in [6.07, 6.45) is 1.95. The maximum absolute atomic E-state index is 12.2. The van der Waals surface area contributed by atoms with Crippen LogP contribution in [0.5, 0.6) is 0 Å². The highest BCUT2D eigenvalue weighted by atomic mass is 32.1. The average Bonchev–Trinajstić information content (AvgIpc) is 2.85. The molecule has 2 rings (SSSR count). The van der Waals surface area contributed by atoms with Gasteiger partial charge in [0.2, 0.25) is 0 Å². The Morgan fingerprint density at radius 2 is 2.24 bits per heavy atom. The van der Waals surface area contributed by atoms with E-state index in [9.17, 15) is 4.79 Å². The highest BCUT2D eigenvalue weighted by Gasteiger charge is 2.28. The predicted molar refractivity (Wildman–Crippen MR) is 83.5 cm³/mol. The van der Waals surface area contributed by atoms with E-state index in [4.69, 9.17) is 9.84 Å². The van der Waals surface area contributed by atoms with Crippen LogP contribution in [0.1, 0.15) is 39.9 Å². The summed E-state index contributed by atoms with van der Waals surface area (Å²) >= 11 is 1.37. The molecule has 1 aromatic heterocycles. The molecule has 0 radical (unpaired) electrons. The first-order valence-corrected chi connectivity index (χ1v) is 7.92. The van der Waals surface area contributed by atoms with Gasteiger partial charge in [0.05, 0.1) is 9.75 Å². The van der Waals surface area contributed by atoms with Gasteiger partial charge in [0.1, 0.15) is 6.61 Å². The zero-order valence-corrected chi connectivity index (χ0v) is 13.3. The molecule has 0 aromatic carbocycles. The van der Waals surface area contributed by atoms with Crippen molar-refractivity contribution in [3.05, 3.63) is 21.4 Å². The lowest BCUT2D eigenvalue weighted by atomic mass is 9.82. The van der Waals surface area contributed by atoms with E-state index in [1.165, 1.54) is 11.3 Å². The van der Waals surface area contributed by atoms with E-state index in [0.29, 0.717) is 11.4 Å². The molecule has 21 heavy (non-hydrogen) atoms. The van der Waals surface area contributed by atoms with Crippen molar-refractivity contribution in [2.24, 2.45) is 5.41 Å². The molecule has 1 amide bonds. The van der Waals surface area contributed by atoms with Crippen molar-refractivity contribution in [1.82, 2.24) is 5.32 Å². The van der Waals surface area contributed by atoms with Crippen LogP contribution in [0.15, 0.2) is 6.07 Å². The van der Waals surface area contributed by atoms with Crippen molar-refractivity contribution in [1.29, 1.82) is 0 Å². The van der Waals surface area contributed by atoms with Crippen LogP contribution in [0.25, 0.3) is 0 Å². The molecule has 0 bridgehead atoms. The van der Waals surface area contributed by atoms with Gasteiger partial charge in [0, 0.05) is 19.8 Å². The summed E-state index contributed by atoms with van der Waals surface area (Å²) in [6, 6.07) is 1.85. The lowest BCUT2D eigenvalue weighted by Gasteiger charge is -2.33. The highest BCUT2D eigenvalue weighted by Crippen LogP contribution is 2.29. The number of carbonyl (C=O) groups excluding carboxylic acids is 1. The zero-order chi connectivity index (χ0) is 15.3. The Bertz CT molecular complexity index is 562. The smallest absolute Gasteiger partial charge is 0.261 e. The van der Waals surface area contributed by atoms with Gasteiger partial charge in [-0.25, -0.2) is 0 Å². The first kappa shape index (κ1) is 16.0. The quantitative estimate of drug-likeness (QED) is 0.839. The Labute approximate surface area is 129 Å². The molecule has 2 N–H and O–H groups in total. The second-order valence-electron chi connectivity index (χ2n) is 5.69. The van der Waals surface area contributed by atoms with Gasteiger partial charge in [-0.1, -0.05) is 18.8 Å². The Balaban J connectivity index is 1.97. The van der Waals surface area contributed by atoms with E-state index in [1.54, 1.807) is 0 Å². The number of thiophene rings is 1. The van der Waals surface area contributed by atoms with Crippen LogP contribution < -0.4 is 5.32 Å². The van der Waals surface area contributed by atoms with Crippen LogP contribution in [-0.2, 0) is 4.74 Å². The number of aryl methyl sites for hydroxylation is 1. The standard InChI is InChI=1S/C16H21NO3S/c1-12-10-14(21-13(12)4-3-7-18)15(19)17-11-16(2)5-8-20-9-6-16/h10,18H,5-9,11H2,1-2H3,(H,17,19). The normalized spacial score (nSPS) is 16.9. The maximum atomic E-state index is 12.2. The van der Waals surface area contributed by atoms with Gasteiger partial charge in [-0.05, 0) is 36.8 Å². The van der Waals surface area contributed by atoms with Crippen molar-refractivity contribution in [2.45, 2.75) is 26.7 Å². The second kappa shape index (κ2) is 7.08. The molecule has 1 aliphatic rings. The summed E-state index contributed by atoms with van der Waals surface area (Å²) in [5.74, 6) is 5.44. The van der Waals surface area contributed by atoms with E-state index in [0.717, 1.165) is 36.5 Å². The summed E-state index contributed by atoms with van der Waals surface area (Å²) in [5.41, 5.74) is 1.10. The van der Waals surface area contributed by atoms with E-state index in [2.05, 4.69) is 24.1 Å². The number of hydrogen-bond donors (Lipinski definition) is 2. The molecule has 2 heterocycles. The van der Waals surface area contributed by atoms with Crippen molar-refractivity contribution in [3.63, 3.8) is 0 Å². The van der Waals surface area contributed by atoms with Crippen LogP contribution in [0.3, 0.4) is 0 Å². The summed E-state index contributed by atoms with van der Waals surface area (Å²) in [6.45, 7) is 6.15. The minimum Gasteiger partial charge on any atom is -0.384 e. The minimum atomic E-state index is -0.167. The van der Waals surface area contributed by atoms with Gasteiger partial charge >= 0.3 is 0 Å². The molecule has 0 saturated carbocycles. The fourth-order valence-corrected chi connectivity index (χ4v) is 3.22. The average molecular weight is 307 g/mol. The molecular weight excluding hydrogens is 286 g/mol. The molecule has 5 heteroatoms. The molecular formula is C16H21NO3S. The second-order valence-corrected chi connectivity index (χ2v) is 6.74. The van der Waals surface area contributed by atoms with Gasteiger partial charge in [-0.3, -0.25) is 4.79 Å². The molecule has 0 unspecified atom stereocenters. The number of rotatable bonds is 3. The Hall–Kier alpha value is -1.35. The third-order valence-electron chi connectivity index (χ3n) is 3.80. The summed E-state index contributed by atoms with van der Waals surface area (Å²) in [5, 5.41) is 11.8. The van der Waals surface area contributed by atoms with Gasteiger partial charge < -0.3 is 15.2 Å². The van der Waals surface area contributed by atoms with E-state index in [1.807, 2.05) is 13.0 Å². The molecule has 1 saturated heterocycles. The van der Waals surface area contributed by atoms with Crippen molar-refractivity contribution in [3.8, 4) is 11.8 Å². The fourth-order valence-electron chi connectivity index (χ4n) is 2.26. The molecule has 1 aromatic rings. The lowest BCUT2D eigenvalue weighted by Crippen LogP contribution is -2.39. The van der Waals surface area contributed by atoms with Crippen LogP contribution in [-0.4, -0.2) is 37.4 Å². The van der Waals surface area contributed by atoms with Gasteiger partial charge in [-0.15, -0.1) is 11.3 Å².